The fourth-order valence-electron chi connectivity index (χ4n) is 2.43. The Bertz CT molecular complexity index is 360. The summed E-state index contributed by atoms with van der Waals surface area (Å²) in [4.78, 5) is 13.7. The Morgan fingerprint density at radius 3 is 2.39 bits per heavy atom. The lowest BCUT2D eigenvalue weighted by molar-refractivity contribution is -0.134. The molecule has 106 valence electrons. The number of carbonyl (C=O) groups excluding carboxylic acids is 1. The number of carbonyl (C=O) groups is 1. The minimum Gasteiger partial charge on any atom is -0.395 e. The monoisotopic (exact) mass is 277 g/mol. The lowest BCUT2D eigenvalue weighted by atomic mass is 9.94. The molecule has 18 heavy (non-hydrogen) atoms. The fraction of sp³-hybridized carbons (Fsp3) is 0.917. The summed E-state index contributed by atoms with van der Waals surface area (Å²) >= 11 is 0. The summed E-state index contributed by atoms with van der Waals surface area (Å²) in [6, 6.07) is 0.179. The smallest absolute Gasteiger partial charge is 0.223 e. The third-order valence-corrected chi connectivity index (χ3v) is 4.31. The van der Waals surface area contributed by atoms with Gasteiger partial charge in [-0.3, -0.25) is 4.79 Å². The highest BCUT2D eigenvalue weighted by atomic mass is 32.2. The van der Waals surface area contributed by atoms with Crippen LogP contribution in [0.5, 0.6) is 0 Å². The van der Waals surface area contributed by atoms with Gasteiger partial charge in [0.25, 0.3) is 0 Å². The van der Waals surface area contributed by atoms with Crippen LogP contribution in [-0.4, -0.2) is 55.5 Å². The van der Waals surface area contributed by atoms with E-state index >= 15 is 0 Å². The quantitative estimate of drug-likeness (QED) is 0.770. The third kappa shape index (κ3) is 5.35. The molecule has 0 unspecified atom stereocenters. The maximum Gasteiger partial charge on any atom is 0.223 e. The molecular formula is C12H23NO4S. The topological polar surface area (TPSA) is 74.7 Å². The molecule has 1 aliphatic rings. The maximum absolute atomic E-state index is 12.0. The Kier molecular flexibility index (Phi) is 6.08. The van der Waals surface area contributed by atoms with Gasteiger partial charge in [0.1, 0.15) is 9.84 Å². The molecule has 0 bridgehead atoms. The van der Waals surface area contributed by atoms with Gasteiger partial charge in [-0.1, -0.05) is 19.3 Å². The van der Waals surface area contributed by atoms with E-state index in [0.29, 0.717) is 6.54 Å². The average molecular weight is 277 g/mol. The SMILES string of the molecule is CS(=O)(=O)CCC(=O)N(CCO)C1CCCCC1. The van der Waals surface area contributed by atoms with E-state index in [9.17, 15) is 13.2 Å². The van der Waals surface area contributed by atoms with Gasteiger partial charge in [-0.15, -0.1) is 0 Å². The summed E-state index contributed by atoms with van der Waals surface area (Å²) in [5.41, 5.74) is 0. The van der Waals surface area contributed by atoms with Crippen LogP contribution < -0.4 is 0 Å². The molecule has 1 N–H and O–H groups in total. The van der Waals surface area contributed by atoms with Crippen molar-refractivity contribution in [3.05, 3.63) is 0 Å². The van der Waals surface area contributed by atoms with E-state index in [0.717, 1.165) is 31.9 Å². The minimum absolute atomic E-state index is 0.0231. The molecule has 5 nitrogen and oxygen atoms in total. The second-order valence-electron chi connectivity index (χ2n) is 4.98. The highest BCUT2D eigenvalue weighted by Gasteiger charge is 2.25. The number of sulfone groups is 1. The second kappa shape index (κ2) is 7.09. The van der Waals surface area contributed by atoms with Crippen molar-refractivity contribution in [3.63, 3.8) is 0 Å². The molecule has 0 radical (unpaired) electrons. The van der Waals surface area contributed by atoms with Crippen molar-refractivity contribution in [1.29, 1.82) is 0 Å². The van der Waals surface area contributed by atoms with Gasteiger partial charge in [0.15, 0.2) is 0 Å². The van der Waals surface area contributed by atoms with Crippen molar-refractivity contribution < 1.29 is 18.3 Å². The fourth-order valence-corrected chi connectivity index (χ4v) is 2.97. The minimum atomic E-state index is -3.11. The van der Waals surface area contributed by atoms with E-state index in [4.69, 9.17) is 5.11 Å². The number of nitrogens with zero attached hydrogens (tertiary/aromatic N) is 1. The highest BCUT2D eigenvalue weighted by molar-refractivity contribution is 7.90. The normalized spacial score (nSPS) is 17.7. The van der Waals surface area contributed by atoms with E-state index in [2.05, 4.69) is 0 Å². The Morgan fingerprint density at radius 2 is 1.89 bits per heavy atom. The molecule has 0 aromatic carbocycles. The first-order valence-electron chi connectivity index (χ1n) is 6.52. The number of aliphatic hydroxyl groups is 1. The molecule has 0 heterocycles. The number of rotatable bonds is 6. The zero-order chi connectivity index (χ0) is 13.6. The second-order valence-corrected chi connectivity index (χ2v) is 7.24. The Labute approximate surface area is 109 Å². The largest absolute Gasteiger partial charge is 0.395 e. The van der Waals surface area contributed by atoms with Gasteiger partial charge in [-0.25, -0.2) is 8.42 Å². The predicted octanol–water partition coefficient (Wildman–Crippen LogP) is 0.575. The standard InChI is InChI=1S/C12H23NO4S/c1-18(16,17)10-7-12(15)13(8-9-14)11-5-3-2-4-6-11/h11,14H,2-10H2,1H3. The average Bonchev–Trinajstić information content (AvgIpc) is 2.33. The summed E-state index contributed by atoms with van der Waals surface area (Å²) < 4.78 is 22.1. The van der Waals surface area contributed by atoms with Crippen LogP contribution in [0.4, 0.5) is 0 Å². The van der Waals surface area contributed by atoms with Gasteiger partial charge in [0.05, 0.1) is 12.4 Å². The molecule has 0 atom stereocenters. The van der Waals surface area contributed by atoms with Gasteiger partial charge in [0.2, 0.25) is 5.91 Å². The first-order chi connectivity index (χ1) is 8.44. The summed E-state index contributed by atoms with van der Waals surface area (Å²) in [6.45, 7) is 0.244. The van der Waals surface area contributed by atoms with Crippen LogP contribution in [0.3, 0.4) is 0 Å². The molecule has 0 aromatic heterocycles. The molecular weight excluding hydrogens is 254 g/mol. The predicted molar refractivity (Wildman–Crippen MR) is 70.0 cm³/mol. The number of hydrogen-bond acceptors (Lipinski definition) is 4. The van der Waals surface area contributed by atoms with E-state index in [1.54, 1.807) is 4.90 Å². The highest BCUT2D eigenvalue weighted by Crippen LogP contribution is 2.23. The molecule has 1 rings (SSSR count). The molecule has 0 saturated heterocycles. The van der Waals surface area contributed by atoms with Gasteiger partial charge < -0.3 is 10.0 Å². The molecule has 0 aliphatic heterocycles. The van der Waals surface area contributed by atoms with E-state index in [1.807, 2.05) is 0 Å². The Hall–Kier alpha value is -0.620. The van der Waals surface area contributed by atoms with Crippen LogP contribution in [-0.2, 0) is 14.6 Å². The summed E-state index contributed by atoms with van der Waals surface area (Å²) in [7, 11) is -3.11. The van der Waals surface area contributed by atoms with E-state index in [1.165, 1.54) is 6.42 Å². The molecule has 1 aliphatic carbocycles. The molecule has 1 saturated carbocycles. The molecule has 1 fully saturated rings. The number of aliphatic hydroxyl groups excluding tert-OH is 1. The van der Waals surface area contributed by atoms with Crippen LogP contribution in [0.15, 0.2) is 0 Å². The molecule has 1 amide bonds. The van der Waals surface area contributed by atoms with Crippen LogP contribution >= 0.6 is 0 Å². The van der Waals surface area contributed by atoms with E-state index in [-0.39, 0.29) is 30.7 Å². The summed E-state index contributed by atoms with van der Waals surface area (Å²) in [5.74, 6) is -0.262. The Morgan fingerprint density at radius 1 is 1.28 bits per heavy atom. The van der Waals surface area contributed by atoms with Crippen LogP contribution in [0.25, 0.3) is 0 Å². The lowest BCUT2D eigenvalue weighted by Crippen LogP contribution is -2.43. The van der Waals surface area contributed by atoms with Gasteiger partial charge in [-0.2, -0.15) is 0 Å². The van der Waals surface area contributed by atoms with Crippen molar-refractivity contribution in [2.24, 2.45) is 0 Å². The Balaban J connectivity index is 2.56. The number of hydrogen-bond donors (Lipinski definition) is 1. The zero-order valence-electron chi connectivity index (χ0n) is 11.0. The van der Waals surface area contributed by atoms with Crippen molar-refractivity contribution in [2.75, 3.05) is 25.2 Å². The maximum atomic E-state index is 12.0. The summed E-state index contributed by atoms with van der Waals surface area (Å²) in [6.07, 6.45) is 6.49. The molecule has 0 aromatic rings. The lowest BCUT2D eigenvalue weighted by Gasteiger charge is -2.34. The first kappa shape index (κ1) is 15.4. The van der Waals surface area contributed by atoms with Crippen molar-refractivity contribution in [2.45, 2.75) is 44.6 Å². The van der Waals surface area contributed by atoms with Crippen molar-refractivity contribution in [1.82, 2.24) is 4.90 Å². The van der Waals surface area contributed by atoms with Gasteiger partial charge in [0, 0.05) is 25.3 Å². The molecule has 6 heteroatoms. The number of amides is 1. The summed E-state index contributed by atoms with van der Waals surface area (Å²) in [5, 5.41) is 9.03. The third-order valence-electron chi connectivity index (χ3n) is 3.36. The van der Waals surface area contributed by atoms with Crippen LogP contribution in [0.2, 0.25) is 0 Å². The van der Waals surface area contributed by atoms with Crippen LogP contribution in [0.1, 0.15) is 38.5 Å². The van der Waals surface area contributed by atoms with E-state index < -0.39 is 9.84 Å². The zero-order valence-corrected chi connectivity index (χ0v) is 11.8. The molecule has 0 spiro atoms. The first-order valence-corrected chi connectivity index (χ1v) is 8.58. The van der Waals surface area contributed by atoms with Crippen molar-refractivity contribution >= 4 is 15.7 Å². The van der Waals surface area contributed by atoms with Crippen molar-refractivity contribution in [3.8, 4) is 0 Å². The van der Waals surface area contributed by atoms with Crippen LogP contribution in [0, 0.1) is 0 Å². The van der Waals surface area contributed by atoms with Gasteiger partial charge in [-0.05, 0) is 12.8 Å². The van der Waals surface area contributed by atoms with Gasteiger partial charge >= 0.3 is 0 Å².